The van der Waals surface area contributed by atoms with Gasteiger partial charge in [0.25, 0.3) is 11.1 Å². The van der Waals surface area contributed by atoms with Crippen molar-refractivity contribution in [1.29, 1.82) is 0 Å². The van der Waals surface area contributed by atoms with Crippen LogP contribution in [-0.4, -0.2) is 78.9 Å². The van der Waals surface area contributed by atoms with Gasteiger partial charge in [0.2, 0.25) is 11.6 Å². The van der Waals surface area contributed by atoms with Gasteiger partial charge in [0, 0.05) is 63.4 Å². The molecule has 0 aliphatic rings. The molecule has 0 aliphatic carbocycles. The lowest BCUT2D eigenvalue weighted by molar-refractivity contribution is 0.262. The van der Waals surface area contributed by atoms with Crippen molar-refractivity contribution in [2.45, 2.75) is 32.4 Å². The minimum atomic E-state index is -0.152. The highest BCUT2D eigenvalue weighted by Gasteiger charge is 2.10. The lowest BCUT2D eigenvalue weighted by Crippen LogP contribution is -2.28. The lowest BCUT2D eigenvalue weighted by Gasteiger charge is -2.22. The fourth-order valence-electron chi connectivity index (χ4n) is 5.57. The highest BCUT2D eigenvalue weighted by molar-refractivity contribution is 5.75. The van der Waals surface area contributed by atoms with Gasteiger partial charge in [-0.05, 0) is 67.7 Å². The number of hydrogen-bond donors (Lipinski definition) is 7. The molecular weight excluding hydrogens is 646 g/mol. The van der Waals surface area contributed by atoms with E-state index in [0.29, 0.717) is 42.3 Å². The first-order valence-electron chi connectivity index (χ1n) is 17.0. The summed E-state index contributed by atoms with van der Waals surface area (Å²) in [5, 5.41) is 3.33. The van der Waals surface area contributed by atoms with Crippen LogP contribution < -0.4 is 39.4 Å². The van der Waals surface area contributed by atoms with Crippen LogP contribution in [0.1, 0.15) is 30.4 Å². The molecule has 0 saturated carbocycles. The Kier molecular flexibility index (Phi) is 13.2. The smallest absolute Gasteiger partial charge is 0.260 e. The highest BCUT2D eigenvalue weighted by Crippen LogP contribution is 2.18. The zero-order chi connectivity index (χ0) is 36.0. The predicted molar refractivity (Wildman–Crippen MR) is 202 cm³/mol. The van der Waals surface area contributed by atoms with Gasteiger partial charge >= 0.3 is 0 Å². The Morgan fingerprint density at radius 3 is 1.80 bits per heavy atom. The highest BCUT2D eigenvalue weighted by atomic mass is 16.1. The summed E-state index contributed by atoms with van der Waals surface area (Å²) in [5.41, 5.74) is 27.0. The fourth-order valence-corrected chi connectivity index (χ4v) is 5.57. The van der Waals surface area contributed by atoms with E-state index in [2.05, 4.69) is 47.3 Å². The zero-order valence-corrected chi connectivity index (χ0v) is 28.7. The summed E-state index contributed by atoms with van der Waals surface area (Å²) in [6, 6.07) is 16.0. The number of fused-ring (bicyclic) bond motifs is 2. The Morgan fingerprint density at radius 1 is 0.745 bits per heavy atom. The van der Waals surface area contributed by atoms with Gasteiger partial charge in [0.05, 0.1) is 11.1 Å². The van der Waals surface area contributed by atoms with Gasteiger partial charge in [-0.25, -0.2) is 9.97 Å². The molecule has 0 amide bonds. The van der Waals surface area contributed by atoms with E-state index in [1.807, 2.05) is 42.6 Å². The monoisotopic (exact) mass is 693 g/mol. The summed E-state index contributed by atoms with van der Waals surface area (Å²) in [6.45, 7) is 6.28. The molecule has 2 aromatic carbocycles. The standard InChI is InChI=1S/C20H28N8O.C16H19N5O/c21-7-1-10-27(11-2-8-24-19(22)23)13-15-3-5-16(6-4-15)17-14-28-12-9-25-20(28)26-18(17)29;17-6-1-7-18-10-12-2-4-13(5-3-12)14-11-21-9-8-19-16(21)20-15(14)22/h3-6,9,12,14H,1-2,7-8,10-11,13,21H2,(H4,22,23,24)(H,25,26,29);2-5,8-9,11,18H,1,6-7,10,17H2,(H,19,20,22). The van der Waals surface area contributed by atoms with Crippen LogP contribution in [0.3, 0.4) is 0 Å². The molecule has 0 fully saturated rings. The second-order valence-electron chi connectivity index (χ2n) is 12.1. The molecule has 15 nitrogen and oxygen atoms in total. The molecule has 6 aromatic rings. The van der Waals surface area contributed by atoms with Crippen molar-refractivity contribution >= 4 is 17.5 Å². The number of nitrogens with zero attached hydrogens (tertiary/aromatic N) is 6. The molecule has 0 aliphatic heterocycles. The predicted octanol–water partition coefficient (Wildman–Crippen LogP) is 1.63. The quantitative estimate of drug-likeness (QED) is 0.0440. The number of aromatic amines is 2. The van der Waals surface area contributed by atoms with Gasteiger partial charge in [0.15, 0.2) is 5.96 Å². The zero-order valence-electron chi connectivity index (χ0n) is 28.7. The molecule has 15 heteroatoms. The Hall–Kier alpha value is -5.61. The van der Waals surface area contributed by atoms with Crippen molar-refractivity contribution in [3.8, 4) is 22.3 Å². The SMILES string of the molecule is NCCCN(CCCN=C(N)N)Cc1ccc(-c2cn3ccnc3[nH]c2=O)cc1.NCCCNCc1ccc(-c2cn3ccnc3[nH]c2=O)cc1. The van der Waals surface area contributed by atoms with E-state index in [1.54, 1.807) is 39.8 Å². The van der Waals surface area contributed by atoms with E-state index in [-0.39, 0.29) is 17.1 Å². The van der Waals surface area contributed by atoms with Gasteiger partial charge in [-0.1, -0.05) is 48.5 Å². The topological polar surface area (TPSA) is 232 Å². The molecule has 0 unspecified atom stereocenters. The minimum Gasteiger partial charge on any atom is -0.370 e. The maximum atomic E-state index is 12.3. The number of rotatable bonds is 16. The van der Waals surface area contributed by atoms with Crippen LogP contribution in [0.2, 0.25) is 0 Å². The molecular formula is C36H47N13O2. The first-order chi connectivity index (χ1) is 24.8. The number of benzene rings is 2. The van der Waals surface area contributed by atoms with Crippen molar-refractivity contribution in [3.05, 3.63) is 118 Å². The van der Waals surface area contributed by atoms with Crippen LogP contribution in [0.4, 0.5) is 0 Å². The molecule has 0 saturated heterocycles. The molecule has 0 spiro atoms. The van der Waals surface area contributed by atoms with E-state index in [1.165, 1.54) is 11.1 Å². The number of hydrogen-bond acceptors (Lipinski definition) is 9. The second kappa shape index (κ2) is 18.4. The van der Waals surface area contributed by atoms with Gasteiger partial charge in [-0.3, -0.25) is 38.3 Å². The average Bonchev–Trinajstić information content (AvgIpc) is 3.79. The minimum absolute atomic E-state index is 0.123. The van der Waals surface area contributed by atoms with Gasteiger partial charge in [0.1, 0.15) is 0 Å². The Balaban J connectivity index is 0.000000205. The van der Waals surface area contributed by atoms with E-state index >= 15 is 0 Å². The first kappa shape index (κ1) is 36.7. The number of guanidine groups is 1. The molecule has 51 heavy (non-hydrogen) atoms. The summed E-state index contributed by atoms with van der Waals surface area (Å²) >= 11 is 0. The maximum Gasteiger partial charge on any atom is 0.260 e. The van der Waals surface area contributed by atoms with E-state index in [9.17, 15) is 9.59 Å². The average molecular weight is 694 g/mol. The van der Waals surface area contributed by atoms with Gasteiger partial charge < -0.3 is 28.3 Å². The van der Waals surface area contributed by atoms with Crippen molar-refractivity contribution < 1.29 is 0 Å². The summed E-state index contributed by atoms with van der Waals surface area (Å²) in [7, 11) is 0. The van der Waals surface area contributed by atoms with Crippen LogP contribution in [0.15, 0.2) is 100 Å². The Morgan fingerprint density at radius 2 is 1.27 bits per heavy atom. The molecule has 4 aromatic heterocycles. The number of nitrogens with one attached hydrogen (secondary N) is 3. The van der Waals surface area contributed by atoms with E-state index in [4.69, 9.17) is 22.9 Å². The van der Waals surface area contributed by atoms with E-state index in [0.717, 1.165) is 63.1 Å². The Bertz CT molecular complexity index is 2110. The molecule has 6 rings (SSSR count). The van der Waals surface area contributed by atoms with Crippen LogP contribution in [0.5, 0.6) is 0 Å². The number of imidazole rings is 2. The Labute approximate surface area is 295 Å². The van der Waals surface area contributed by atoms with Crippen molar-refractivity contribution in [1.82, 2.24) is 39.0 Å². The largest absolute Gasteiger partial charge is 0.370 e. The number of aromatic nitrogens is 6. The maximum absolute atomic E-state index is 12.3. The first-order valence-corrected chi connectivity index (χ1v) is 17.0. The van der Waals surface area contributed by atoms with Crippen molar-refractivity contribution in [2.24, 2.45) is 27.9 Å². The summed E-state index contributed by atoms with van der Waals surface area (Å²) in [6.07, 6.45) is 13.3. The third-order valence-electron chi connectivity index (χ3n) is 8.24. The third kappa shape index (κ3) is 10.4. The summed E-state index contributed by atoms with van der Waals surface area (Å²) in [4.78, 5) is 44.6. The molecule has 268 valence electrons. The van der Waals surface area contributed by atoms with Crippen molar-refractivity contribution in [2.75, 3.05) is 39.3 Å². The molecule has 0 atom stereocenters. The number of H-pyrrole nitrogens is 2. The summed E-state index contributed by atoms with van der Waals surface area (Å²) < 4.78 is 3.61. The normalized spacial score (nSPS) is 11.2. The van der Waals surface area contributed by atoms with Crippen LogP contribution in [0, 0.1) is 0 Å². The van der Waals surface area contributed by atoms with Crippen molar-refractivity contribution in [3.63, 3.8) is 0 Å². The van der Waals surface area contributed by atoms with Crippen LogP contribution in [0.25, 0.3) is 33.8 Å². The molecule has 0 bridgehead atoms. The van der Waals surface area contributed by atoms with Gasteiger partial charge in [-0.2, -0.15) is 0 Å². The molecule has 4 heterocycles. The van der Waals surface area contributed by atoms with Gasteiger partial charge in [-0.15, -0.1) is 0 Å². The number of nitrogens with two attached hydrogens (primary N) is 4. The number of aliphatic imine (C=N–C) groups is 1. The lowest BCUT2D eigenvalue weighted by atomic mass is 10.1. The van der Waals surface area contributed by atoms with E-state index < -0.39 is 0 Å². The second-order valence-corrected chi connectivity index (χ2v) is 12.1. The van der Waals surface area contributed by atoms with Crippen LogP contribution >= 0.6 is 0 Å². The third-order valence-corrected chi connectivity index (χ3v) is 8.24. The molecule has 11 N–H and O–H groups in total. The summed E-state index contributed by atoms with van der Waals surface area (Å²) in [5.74, 6) is 1.21. The fraction of sp³-hybridized carbons (Fsp3) is 0.306. The van der Waals surface area contributed by atoms with Crippen LogP contribution in [-0.2, 0) is 13.1 Å². The molecule has 0 radical (unpaired) electrons.